The summed E-state index contributed by atoms with van der Waals surface area (Å²) in [6, 6.07) is 10.2. The minimum Gasteiger partial charge on any atom is -0.344 e. The Morgan fingerprint density at radius 1 is 1.22 bits per heavy atom. The SMILES string of the molecule is CCC(N)(CC)C(=O)N(C)CCc1ccccc1. The highest BCUT2D eigenvalue weighted by atomic mass is 16.2. The first-order chi connectivity index (χ1) is 8.53. The Morgan fingerprint density at radius 3 is 2.28 bits per heavy atom. The molecule has 0 saturated carbocycles. The lowest BCUT2D eigenvalue weighted by atomic mass is 9.92. The smallest absolute Gasteiger partial charge is 0.242 e. The van der Waals surface area contributed by atoms with Gasteiger partial charge in [-0.25, -0.2) is 0 Å². The molecule has 0 unspecified atom stereocenters. The molecule has 0 aromatic heterocycles. The summed E-state index contributed by atoms with van der Waals surface area (Å²) < 4.78 is 0. The van der Waals surface area contributed by atoms with Crippen molar-refractivity contribution in [3.05, 3.63) is 35.9 Å². The van der Waals surface area contributed by atoms with E-state index in [2.05, 4.69) is 12.1 Å². The van der Waals surface area contributed by atoms with E-state index in [-0.39, 0.29) is 5.91 Å². The summed E-state index contributed by atoms with van der Waals surface area (Å²) in [6.45, 7) is 4.64. The molecule has 2 N–H and O–H groups in total. The maximum absolute atomic E-state index is 12.2. The highest BCUT2D eigenvalue weighted by Crippen LogP contribution is 2.14. The van der Waals surface area contributed by atoms with Crippen LogP contribution < -0.4 is 5.73 Å². The molecule has 0 spiro atoms. The number of nitrogens with two attached hydrogens (primary N) is 1. The molecule has 1 rings (SSSR count). The molecule has 0 radical (unpaired) electrons. The number of hydrogen-bond donors (Lipinski definition) is 1. The lowest BCUT2D eigenvalue weighted by Gasteiger charge is -2.30. The molecule has 0 bridgehead atoms. The number of amides is 1. The number of carbonyl (C=O) groups excluding carboxylic acids is 1. The third-order valence-electron chi connectivity index (χ3n) is 3.61. The van der Waals surface area contributed by atoms with Gasteiger partial charge in [-0.3, -0.25) is 4.79 Å². The van der Waals surface area contributed by atoms with Crippen LogP contribution in [0.4, 0.5) is 0 Å². The Labute approximate surface area is 110 Å². The lowest BCUT2D eigenvalue weighted by molar-refractivity contribution is -0.135. The predicted molar refractivity (Wildman–Crippen MR) is 75.3 cm³/mol. The van der Waals surface area contributed by atoms with Crippen LogP contribution in [0.3, 0.4) is 0 Å². The molecule has 3 heteroatoms. The van der Waals surface area contributed by atoms with Gasteiger partial charge in [0.25, 0.3) is 0 Å². The van der Waals surface area contributed by atoms with Crippen LogP contribution in [0.1, 0.15) is 32.3 Å². The van der Waals surface area contributed by atoms with Crippen molar-refractivity contribution in [1.29, 1.82) is 0 Å². The molecular weight excluding hydrogens is 224 g/mol. The first-order valence-corrected chi connectivity index (χ1v) is 6.62. The normalized spacial score (nSPS) is 11.3. The van der Waals surface area contributed by atoms with Crippen molar-refractivity contribution < 1.29 is 4.79 Å². The van der Waals surface area contributed by atoms with E-state index in [9.17, 15) is 4.79 Å². The summed E-state index contributed by atoms with van der Waals surface area (Å²) in [5.41, 5.74) is 6.66. The van der Waals surface area contributed by atoms with Crippen LogP contribution in [0.15, 0.2) is 30.3 Å². The first kappa shape index (κ1) is 14.7. The Kier molecular flexibility index (Phi) is 5.35. The monoisotopic (exact) mass is 248 g/mol. The van der Waals surface area contributed by atoms with Crippen molar-refractivity contribution in [1.82, 2.24) is 4.90 Å². The summed E-state index contributed by atoms with van der Waals surface area (Å²) in [7, 11) is 1.83. The summed E-state index contributed by atoms with van der Waals surface area (Å²) in [5, 5.41) is 0. The van der Waals surface area contributed by atoms with Crippen LogP contribution >= 0.6 is 0 Å². The van der Waals surface area contributed by atoms with E-state index < -0.39 is 5.54 Å². The molecule has 0 atom stereocenters. The Morgan fingerprint density at radius 2 is 1.78 bits per heavy atom. The summed E-state index contributed by atoms with van der Waals surface area (Å²) in [4.78, 5) is 14.0. The number of nitrogens with zero attached hydrogens (tertiary/aromatic N) is 1. The van der Waals surface area contributed by atoms with E-state index in [1.165, 1.54) is 5.56 Å². The van der Waals surface area contributed by atoms with Crippen LogP contribution in [0.25, 0.3) is 0 Å². The minimum atomic E-state index is -0.703. The number of rotatable bonds is 6. The molecule has 1 aromatic carbocycles. The van der Waals surface area contributed by atoms with Crippen molar-refractivity contribution in [3.8, 4) is 0 Å². The fourth-order valence-corrected chi connectivity index (χ4v) is 1.98. The van der Waals surface area contributed by atoms with Gasteiger partial charge in [-0.1, -0.05) is 44.2 Å². The molecular formula is C15H24N2O. The summed E-state index contributed by atoms with van der Waals surface area (Å²) in [5.74, 6) is 0.0448. The van der Waals surface area contributed by atoms with Crippen molar-refractivity contribution in [2.45, 2.75) is 38.6 Å². The topological polar surface area (TPSA) is 46.3 Å². The third kappa shape index (κ3) is 3.57. The van der Waals surface area contributed by atoms with Gasteiger partial charge < -0.3 is 10.6 Å². The predicted octanol–water partition coefficient (Wildman–Crippen LogP) is 2.21. The summed E-state index contributed by atoms with van der Waals surface area (Å²) >= 11 is 0. The largest absolute Gasteiger partial charge is 0.344 e. The molecule has 0 saturated heterocycles. The van der Waals surface area contributed by atoms with Gasteiger partial charge in [0, 0.05) is 13.6 Å². The van der Waals surface area contributed by atoms with Gasteiger partial charge in [0.2, 0.25) is 5.91 Å². The quantitative estimate of drug-likeness (QED) is 0.839. The molecule has 0 aliphatic carbocycles. The van der Waals surface area contributed by atoms with Gasteiger partial charge in [0.05, 0.1) is 5.54 Å². The number of hydrogen-bond acceptors (Lipinski definition) is 2. The fourth-order valence-electron chi connectivity index (χ4n) is 1.98. The highest BCUT2D eigenvalue weighted by Gasteiger charge is 2.32. The Bertz CT molecular complexity index is 371. The molecule has 1 amide bonds. The molecule has 1 aromatic rings. The molecule has 0 aliphatic rings. The average molecular weight is 248 g/mol. The number of benzene rings is 1. The molecule has 3 nitrogen and oxygen atoms in total. The van der Waals surface area contributed by atoms with E-state index in [1.54, 1.807) is 4.90 Å². The van der Waals surface area contributed by atoms with E-state index in [1.807, 2.05) is 39.1 Å². The van der Waals surface area contributed by atoms with E-state index in [0.29, 0.717) is 19.4 Å². The zero-order valence-electron chi connectivity index (χ0n) is 11.6. The molecule has 0 heterocycles. The highest BCUT2D eigenvalue weighted by molar-refractivity contribution is 5.85. The molecule has 0 aliphatic heterocycles. The average Bonchev–Trinajstić information content (AvgIpc) is 2.44. The zero-order chi connectivity index (χ0) is 13.6. The van der Waals surface area contributed by atoms with Gasteiger partial charge in [-0.2, -0.15) is 0 Å². The third-order valence-corrected chi connectivity index (χ3v) is 3.61. The zero-order valence-corrected chi connectivity index (χ0v) is 11.6. The van der Waals surface area contributed by atoms with Crippen LogP contribution in [-0.4, -0.2) is 29.9 Å². The Balaban J connectivity index is 2.55. The first-order valence-electron chi connectivity index (χ1n) is 6.62. The number of carbonyl (C=O) groups is 1. The number of likely N-dealkylation sites (N-methyl/N-ethyl adjacent to an activating group) is 1. The van der Waals surface area contributed by atoms with E-state index in [4.69, 9.17) is 5.73 Å². The lowest BCUT2D eigenvalue weighted by Crippen LogP contribution is -2.53. The fraction of sp³-hybridized carbons (Fsp3) is 0.533. The second-order valence-electron chi connectivity index (χ2n) is 4.83. The second kappa shape index (κ2) is 6.55. The standard InChI is InChI=1S/C15H24N2O/c1-4-15(16,5-2)14(18)17(3)12-11-13-9-7-6-8-10-13/h6-10H,4-5,11-12,16H2,1-3H3. The van der Waals surface area contributed by atoms with Crippen molar-refractivity contribution in [2.75, 3.05) is 13.6 Å². The van der Waals surface area contributed by atoms with Gasteiger partial charge in [0.1, 0.15) is 0 Å². The molecule has 0 fully saturated rings. The van der Waals surface area contributed by atoms with Crippen LogP contribution in [0, 0.1) is 0 Å². The minimum absolute atomic E-state index is 0.0448. The van der Waals surface area contributed by atoms with Crippen LogP contribution in [0.2, 0.25) is 0 Å². The second-order valence-corrected chi connectivity index (χ2v) is 4.83. The van der Waals surface area contributed by atoms with Crippen LogP contribution in [0.5, 0.6) is 0 Å². The summed E-state index contributed by atoms with van der Waals surface area (Å²) in [6.07, 6.45) is 2.22. The van der Waals surface area contributed by atoms with Crippen molar-refractivity contribution >= 4 is 5.91 Å². The van der Waals surface area contributed by atoms with Gasteiger partial charge in [-0.15, -0.1) is 0 Å². The van der Waals surface area contributed by atoms with Crippen molar-refractivity contribution in [3.63, 3.8) is 0 Å². The Hall–Kier alpha value is -1.35. The van der Waals surface area contributed by atoms with Gasteiger partial charge in [0.15, 0.2) is 0 Å². The molecule has 18 heavy (non-hydrogen) atoms. The van der Waals surface area contributed by atoms with Crippen LogP contribution in [-0.2, 0) is 11.2 Å². The maximum atomic E-state index is 12.2. The van der Waals surface area contributed by atoms with Gasteiger partial charge >= 0.3 is 0 Å². The van der Waals surface area contributed by atoms with Gasteiger partial charge in [-0.05, 0) is 24.8 Å². The molecule has 100 valence electrons. The van der Waals surface area contributed by atoms with E-state index >= 15 is 0 Å². The van der Waals surface area contributed by atoms with Crippen molar-refractivity contribution in [2.24, 2.45) is 5.73 Å². The maximum Gasteiger partial charge on any atom is 0.242 e. The van der Waals surface area contributed by atoms with E-state index in [0.717, 1.165) is 6.42 Å².